The second-order valence-electron chi connectivity index (χ2n) is 14.3. The number of aliphatic hydroxyl groups is 1. The molecule has 0 bridgehead atoms. The molecule has 0 spiro atoms. The standard InChI is InChI=1S/C42H80NO8P/c1-3-5-7-9-11-13-15-16-17-18-19-20-21-22-23-24-25-27-29-31-33-35-42(46)49-38-40(44)39-51-52(47,48)50-37-36-43-41(45)34-32-30-28-26-14-12-10-8-6-4-2/h11,13,16-17,40,44H,3-10,12,14-15,18-39H2,1-2H3,(H,43,45)(H,47,48)/b13-11-,17-16-. The number of allylic oxidation sites excluding steroid dienone is 4. The maximum absolute atomic E-state index is 12.1. The Morgan fingerprint density at radius 3 is 1.58 bits per heavy atom. The normalized spacial score (nSPS) is 13.5. The Balaban J connectivity index is 3.57. The minimum Gasteiger partial charge on any atom is -0.463 e. The van der Waals surface area contributed by atoms with Crippen molar-refractivity contribution >= 4 is 19.7 Å². The van der Waals surface area contributed by atoms with E-state index in [2.05, 4.69) is 43.5 Å². The lowest BCUT2D eigenvalue weighted by atomic mass is 10.0. The average Bonchev–Trinajstić information content (AvgIpc) is 3.13. The van der Waals surface area contributed by atoms with Crippen molar-refractivity contribution < 1.29 is 37.9 Å². The number of hydrogen-bond donors (Lipinski definition) is 3. The maximum atomic E-state index is 12.1. The number of hydrogen-bond acceptors (Lipinski definition) is 7. The highest BCUT2D eigenvalue weighted by molar-refractivity contribution is 7.47. The van der Waals surface area contributed by atoms with Gasteiger partial charge >= 0.3 is 13.8 Å². The lowest BCUT2D eigenvalue weighted by molar-refractivity contribution is -0.147. The highest BCUT2D eigenvalue weighted by Crippen LogP contribution is 2.42. The summed E-state index contributed by atoms with van der Waals surface area (Å²) in [6, 6.07) is 0. The number of carbonyl (C=O) groups excluding carboxylic acids is 2. The van der Waals surface area contributed by atoms with Gasteiger partial charge in [0, 0.05) is 19.4 Å². The summed E-state index contributed by atoms with van der Waals surface area (Å²) in [4.78, 5) is 33.8. The van der Waals surface area contributed by atoms with Crippen LogP contribution in [0.3, 0.4) is 0 Å². The van der Waals surface area contributed by atoms with E-state index in [0.29, 0.717) is 6.42 Å². The van der Waals surface area contributed by atoms with Crippen LogP contribution in [0.25, 0.3) is 0 Å². The first-order valence-corrected chi connectivity index (χ1v) is 22.8. The van der Waals surface area contributed by atoms with Crippen LogP contribution in [0.5, 0.6) is 0 Å². The van der Waals surface area contributed by atoms with Gasteiger partial charge in [-0.25, -0.2) is 4.57 Å². The lowest BCUT2D eigenvalue weighted by Gasteiger charge is -2.15. The Kier molecular flexibility index (Phi) is 38.1. The van der Waals surface area contributed by atoms with E-state index in [4.69, 9.17) is 13.8 Å². The molecule has 9 nitrogen and oxygen atoms in total. The summed E-state index contributed by atoms with van der Waals surface area (Å²) in [5, 5.41) is 12.7. The molecule has 0 saturated heterocycles. The first-order chi connectivity index (χ1) is 25.3. The molecule has 10 heteroatoms. The molecule has 0 aromatic rings. The fourth-order valence-corrected chi connectivity index (χ4v) is 6.64. The van der Waals surface area contributed by atoms with Crippen molar-refractivity contribution in [3.8, 4) is 0 Å². The van der Waals surface area contributed by atoms with Gasteiger partial charge in [-0.3, -0.25) is 18.6 Å². The zero-order valence-electron chi connectivity index (χ0n) is 33.5. The molecule has 0 aliphatic heterocycles. The monoisotopic (exact) mass is 758 g/mol. The zero-order valence-corrected chi connectivity index (χ0v) is 34.4. The van der Waals surface area contributed by atoms with Crippen LogP contribution >= 0.6 is 7.82 Å². The van der Waals surface area contributed by atoms with E-state index in [9.17, 15) is 24.2 Å². The van der Waals surface area contributed by atoms with E-state index in [-0.39, 0.29) is 32.1 Å². The van der Waals surface area contributed by atoms with Gasteiger partial charge < -0.3 is 20.1 Å². The van der Waals surface area contributed by atoms with Gasteiger partial charge in [0.15, 0.2) is 0 Å². The number of aliphatic hydroxyl groups excluding tert-OH is 1. The average molecular weight is 758 g/mol. The van der Waals surface area contributed by atoms with E-state index in [1.807, 2.05) is 0 Å². The molecule has 0 aromatic heterocycles. The molecule has 0 aliphatic carbocycles. The summed E-state index contributed by atoms with van der Waals surface area (Å²) in [6.07, 6.45) is 41.1. The molecule has 0 fully saturated rings. The Morgan fingerprint density at radius 2 is 1.04 bits per heavy atom. The highest BCUT2D eigenvalue weighted by atomic mass is 31.2. The SMILES string of the molecule is CCCCC/C=C\C/C=C\CCCCCCCCCCCCCC(=O)OCC(O)COP(=O)(O)OCCNC(=O)CCCCCCCCCCCC. The van der Waals surface area contributed by atoms with Gasteiger partial charge in [0.25, 0.3) is 0 Å². The van der Waals surface area contributed by atoms with Crippen LogP contribution in [-0.2, 0) is 27.9 Å². The summed E-state index contributed by atoms with van der Waals surface area (Å²) >= 11 is 0. The minimum atomic E-state index is -4.41. The molecule has 0 heterocycles. The zero-order chi connectivity index (χ0) is 38.2. The van der Waals surface area contributed by atoms with Gasteiger partial charge in [0.05, 0.1) is 13.2 Å². The fourth-order valence-electron chi connectivity index (χ4n) is 5.88. The molecule has 0 rings (SSSR count). The predicted molar refractivity (Wildman–Crippen MR) is 215 cm³/mol. The van der Waals surface area contributed by atoms with Crippen LogP contribution < -0.4 is 5.32 Å². The Hall–Kier alpha value is -1.51. The number of unbranched alkanes of at least 4 members (excludes halogenated alkanes) is 23. The van der Waals surface area contributed by atoms with Gasteiger partial charge in [-0.05, 0) is 44.9 Å². The van der Waals surface area contributed by atoms with Crippen LogP contribution in [0.15, 0.2) is 24.3 Å². The molecule has 0 aliphatic rings. The molecule has 2 unspecified atom stereocenters. The van der Waals surface area contributed by atoms with Crippen LogP contribution in [0.2, 0.25) is 0 Å². The second kappa shape index (κ2) is 39.2. The molecular weight excluding hydrogens is 677 g/mol. The topological polar surface area (TPSA) is 131 Å². The number of phosphoric acid groups is 1. The molecule has 52 heavy (non-hydrogen) atoms. The maximum Gasteiger partial charge on any atom is 0.472 e. The summed E-state index contributed by atoms with van der Waals surface area (Å²) in [7, 11) is -4.41. The van der Waals surface area contributed by atoms with E-state index in [0.717, 1.165) is 44.9 Å². The number of rotatable bonds is 40. The summed E-state index contributed by atoms with van der Waals surface area (Å²) in [5.41, 5.74) is 0. The van der Waals surface area contributed by atoms with Crippen LogP contribution in [0.4, 0.5) is 0 Å². The molecule has 3 N–H and O–H groups in total. The number of amides is 1. The molecule has 2 atom stereocenters. The number of nitrogens with one attached hydrogen (secondary N) is 1. The van der Waals surface area contributed by atoms with Crippen molar-refractivity contribution in [2.24, 2.45) is 0 Å². The lowest BCUT2D eigenvalue weighted by Crippen LogP contribution is -2.27. The molecular formula is C42H80NO8P. The fraction of sp³-hybridized carbons (Fsp3) is 0.857. The number of ether oxygens (including phenoxy) is 1. The molecule has 0 aromatic carbocycles. The molecule has 0 saturated carbocycles. The quantitative estimate of drug-likeness (QED) is 0.0244. The summed E-state index contributed by atoms with van der Waals surface area (Å²) in [5.74, 6) is -0.516. The van der Waals surface area contributed by atoms with Crippen molar-refractivity contribution in [1.29, 1.82) is 0 Å². The molecule has 0 radical (unpaired) electrons. The minimum absolute atomic E-state index is 0.0845. The first kappa shape index (κ1) is 50.5. The third-order valence-corrected chi connectivity index (χ3v) is 10.1. The highest BCUT2D eigenvalue weighted by Gasteiger charge is 2.23. The van der Waals surface area contributed by atoms with E-state index in [1.54, 1.807) is 0 Å². The second-order valence-corrected chi connectivity index (χ2v) is 15.8. The number of phosphoric ester groups is 1. The van der Waals surface area contributed by atoms with Gasteiger partial charge in [-0.1, -0.05) is 167 Å². The predicted octanol–water partition coefficient (Wildman–Crippen LogP) is 11.6. The van der Waals surface area contributed by atoms with Crippen molar-refractivity contribution in [3.05, 3.63) is 24.3 Å². The van der Waals surface area contributed by atoms with Crippen LogP contribution in [0.1, 0.15) is 200 Å². The van der Waals surface area contributed by atoms with Crippen molar-refractivity contribution in [2.75, 3.05) is 26.4 Å². The first-order valence-electron chi connectivity index (χ1n) is 21.3. The van der Waals surface area contributed by atoms with E-state index < -0.39 is 26.5 Å². The van der Waals surface area contributed by atoms with Crippen molar-refractivity contribution in [2.45, 2.75) is 206 Å². The van der Waals surface area contributed by atoms with Gasteiger partial charge in [0.1, 0.15) is 12.7 Å². The van der Waals surface area contributed by atoms with Gasteiger partial charge in [0.2, 0.25) is 5.91 Å². The number of carbonyl (C=O) groups is 2. The van der Waals surface area contributed by atoms with E-state index in [1.165, 1.54) is 128 Å². The largest absolute Gasteiger partial charge is 0.472 e. The summed E-state index contributed by atoms with van der Waals surface area (Å²) < 4.78 is 26.8. The van der Waals surface area contributed by atoms with Gasteiger partial charge in [-0.15, -0.1) is 0 Å². The van der Waals surface area contributed by atoms with E-state index >= 15 is 0 Å². The number of esters is 1. The smallest absolute Gasteiger partial charge is 0.463 e. The molecule has 1 amide bonds. The van der Waals surface area contributed by atoms with Crippen molar-refractivity contribution in [1.82, 2.24) is 5.32 Å². The molecule has 306 valence electrons. The summed E-state index contributed by atoms with van der Waals surface area (Å²) in [6.45, 7) is 3.52. The van der Waals surface area contributed by atoms with Crippen LogP contribution in [0, 0.1) is 0 Å². The Morgan fingerprint density at radius 1 is 0.596 bits per heavy atom. The van der Waals surface area contributed by atoms with Crippen molar-refractivity contribution in [3.63, 3.8) is 0 Å². The third-order valence-electron chi connectivity index (χ3n) is 9.13. The Bertz CT molecular complexity index is 912. The third kappa shape index (κ3) is 39.7. The Labute approximate surface area is 319 Å². The van der Waals surface area contributed by atoms with Gasteiger partial charge in [-0.2, -0.15) is 0 Å². The van der Waals surface area contributed by atoms with Crippen LogP contribution in [-0.4, -0.2) is 54.3 Å².